The van der Waals surface area contributed by atoms with Crippen LogP contribution in [0.1, 0.15) is 38.5 Å². The van der Waals surface area contributed by atoms with Crippen molar-refractivity contribution in [2.75, 3.05) is 26.7 Å². The number of likely N-dealkylation sites (tertiary alicyclic amines) is 1. The van der Waals surface area contributed by atoms with E-state index >= 15 is 0 Å². The number of benzene rings is 1. The van der Waals surface area contributed by atoms with Gasteiger partial charge in [-0.3, -0.25) is 9.79 Å². The molecule has 1 aliphatic carbocycles. The lowest BCUT2D eigenvalue weighted by Crippen LogP contribution is -2.47. The minimum atomic E-state index is 0.170. The zero-order chi connectivity index (χ0) is 18.2. The maximum absolute atomic E-state index is 11.7. The molecule has 2 N–H and O–H groups in total. The van der Waals surface area contributed by atoms with Gasteiger partial charge < -0.3 is 20.3 Å². The van der Waals surface area contributed by atoms with Gasteiger partial charge in [-0.2, -0.15) is 0 Å². The van der Waals surface area contributed by atoms with E-state index in [1.54, 1.807) is 0 Å². The molecule has 2 fully saturated rings. The zero-order valence-corrected chi connectivity index (χ0v) is 15.6. The van der Waals surface area contributed by atoms with Crippen LogP contribution in [0.4, 0.5) is 0 Å². The molecule has 1 aliphatic heterocycles. The lowest BCUT2D eigenvalue weighted by molar-refractivity contribution is -0.121. The van der Waals surface area contributed by atoms with E-state index in [2.05, 4.69) is 20.5 Å². The molecule has 26 heavy (non-hydrogen) atoms. The van der Waals surface area contributed by atoms with Crippen LogP contribution in [0, 0.1) is 0 Å². The Hall–Kier alpha value is -2.24. The van der Waals surface area contributed by atoms with Crippen LogP contribution in [-0.2, 0) is 4.79 Å². The first-order valence-electron chi connectivity index (χ1n) is 9.71. The molecule has 6 heteroatoms. The first-order valence-corrected chi connectivity index (χ1v) is 9.71. The van der Waals surface area contributed by atoms with Gasteiger partial charge in [0.05, 0.1) is 0 Å². The monoisotopic (exact) mass is 358 g/mol. The van der Waals surface area contributed by atoms with Crippen molar-refractivity contribution in [2.24, 2.45) is 4.99 Å². The number of carbonyl (C=O) groups is 1. The smallest absolute Gasteiger partial charge is 0.220 e. The number of carbonyl (C=O) groups excluding carboxylic acids is 1. The fourth-order valence-electron chi connectivity index (χ4n) is 3.19. The highest BCUT2D eigenvalue weighted by Crippen LogP contribution is 2.19. The van der Waals surface area contributed by atoms with Crippen molar-refractivity contribution < 1.29 is 9.53 Å². The summed E-state index contributed by atoms with van der Waals surface area (Å²) in [6, 6.07) is 10.5. The number of piperidine rings is 1. The number of nitrogens with zero attached hydrogens (tertiary/aromatic N) is 2. The Balaban J connectivity index is 1.33. The SMILES string of the molecule is CN=C(NCCCC(=O)NC1CC1)N1CCC(Oc2ccccc2)CC1. The van der Waals surface area contributed by atoms with E-state index in [4.69, 9.17) is 4.74 Å². The summed E-state index contributed by atoms with van der Waals surface area (Å²) in [4.78, 5) is 18.4. The van der Waals surface area contributed by atoms with Crippen molar-refractivity contribution in [1.29, 1.82) is 0 Å². The molecule has 1 amide bonds. The molecule has 2 aliphatic rings. The Labute approximate surface area is 156 Å². The van der Waals surface area contributed by atoms with Gasteiger partial charge in [-0.25, -0.2) is 0 Å². The Kier molecular flexibility index (Phi) is 6.75. The summed E-state index contributed by atoms with van der Waals surface area (Å²) in [7, 11) is 1.81. The highest BCUT2D eigenvalue weighted by Gasteiger charge is 2.24. The highest BCUT2D eigenvalue weighted by molar-refractivity contribution is 5.80. The number of ether oxygens (including phenoxy) is 1. The number of amides is 1. The van der Waals surface area contributed by atoms with Gasteiger partial charge in [-0.05, 0) is 31.4 Å². The van der Waals surface area contributed by atoms with Crippen LogP contribution in [0.5, 0.6) is 5.75 Å². The van der Waals surface area contributed by atoms with E-state index in [9.17, 15) is 4.79 Å². The van der Waals surface area contributed by atoms with Gasteiger partial charge in [-0.1, -0.05) is 18.2 Å². The zero-order valence-electron chi connectivity index (χ0n) is 15.6. The van der Waals surface area contributed by atoms with E-state index in [0.717, 1.165) is 63.4 Å². The lowest BCUT2D eigenvalue weighted by Gasteiger charge is -2.34. The van der Waals surface area contributed by atoms with Gasteiger partial charge in [0, 0.05) is 52.0 Å². The van der Waals surface area contributed by atoms with E-state index in [-0.39, 0.29) is 12.0 Å². The molecule has 0 spiro atoms. The summed E-state index contributed by atoms with van der Waals surface area (Å²) in [5, 5.41) is 6.41. The first-order chi connectivity index (χ1) is 12.7. The molecule has 1 aromatic carbocycles. The summed E-state index contributed by atoms with van der Waals surface area (Å²) in [6.07, 6.45) is 5.91. The predicted octanol–water partition coefficient (Wildman–Crippen LogP) is 2.16. The molecule has 0 aromatic heterocycles. The second-order valence-corrected chi connectivity index (χ2v) is 7.04. The van der Waals surface area contributed by atoms with Crippen LogP contribution in [0.15, 0.2) is 35.3 Å². The maximum atomic E-state index is 11.7. The predicted molar refractivity (Wildman–Crippen MR) is 103 cm³/mol. The van der Waals surface area contributed by atoms with Gasteiger partial charge in [0.1, 0.15) is 11.9 Å². The highest BCUT2D eigenvalue weighted by atomic mass is 16.5. The second kappa shape index (κ2) is 9.46. The summed E-state index contributed by atoms with van der Waals surface area (Å²) in [6.45, 7) is 2.63. The lowest BCUT2D eigenvalue weighted by atomic mass is 10.1. The van der Waals surface area contributed by atoms with Crippen LogP contribution >= 0.6 is 0 Å². The second-order valence-electron chi connectivity index (χ2n) is 7.04. The number of rotatable bonds is 7. The Morgan fingerprint density at radius 1 is 1.19 bits per heavy atom. The molecule has 6 nitrogen and oxygen atoms in total. The van der Waals surface area contributed by atoms with E-state index < -0.39 is 0 Å². The first kappa shape index (κ1) is 18.5. The number of nitrogens with one attached hydrogen (secondary N) is 2. The average molecular weight is 358 g/mol. The van der Waals surface area contributed by atoms with Crippen LogP contribution < -0.4 is 15.4 Å². The van der Waals surface area contributed by atoms with E-state index in [1.165, 1.54) is 0 Å². The number of guanidine groups is 1. The summed E-state index contributed by atoms with van der Waals surface area (Å²) >= 11 is 0. The number of aliphatic imine (C=N–C) groups is 1. The number of hydrogen-bond donors (Lipinski definition) is 2. The molecule has 3 rings (SSSR count). The number of hydrogen-bond acceptors (Lipinski definition) is 3. The molecule has 1 aromatic rings. The Bertz CT molecular complexity index is 593. The summed E-state index contributed by atoms with van der Waals surface area (Å²) in [5.41, 5.74) is 0. The fraction of sp³-hybridized carbons (Fsp3) is 0.600. The minimum absolute atomic E-state index is 0.170. The van der Waals surface area contributed by atoms with Crippen LogP contribution in [-0.4, -0.2) is 55.6 Å². The molecule has 0 radical (unpaired) electrons. The van der Waals surface area contributed by atoms with Gasteiger partial charge >= 0.3 is 0 Å². The summed E-state index contributed by atoms with van der Waals surface area (Å²) in [5.74, 6) is 2.03. The third-order valence-corrected chi connectivity index (χ3v) is 4.81. The van der Waals surface area contributed by atoms with Crippen molar-refractivity contribution in [3.63, 3.8) is 0 Å². The van der Waals surface area contributed by atoms with Gasteiger partial charge in [0.2, 0.25) is 5.91 Å². The van der Waals surface area contributed by atoms with E-state index in [1.807, 2.05) is 37.4 Å². The molecule has 0 bridgehead atoms. The summed E-state index contributed by atoms with van der Waals surface area (Å²) < 4.78 is 6.05. The number of para-hydroxylation sites is 1. The van der Waals surface area contributed by atoms with Crippen molar-refractivity contribution >= 4 is 11.9 Å². The van der Waals surface area contributed by atoms with Crippen molar-refractivity contribution in [1.82, 2.24) is 15.5 Å². The average Bonchev–Trinajstić information content (AvgIpc) is 3.47. The van der Waals surface area contributed by atoms with Crippen LogP contribution in [0.3, 0.4) is 0 Å². The van der Waals surface area contributed by atoms with Crippen molar-refractivity contribution in [3.05, 3.63) is 30.3 Å². The molecule has 0 unspecified atom stereocenters. The largest absolute Gasteiger partial charge is 0.490 e. The quantitative estimate of drug-likeness (QED) is 0.445. The van der Waals surface area contributed by atoms with Crippen LogP contribution in [0.2, 0.25) is 0 Å². The maximum Gasteiger partial charge on any atom is 0.220 e. The molecule has 1 heterocycles. The molecule has 1 saturated carbocycles. The van der Waals surface area contributed by atoms with Crippen molar-refractivity contribution in [3.8, 4) is 5.75 Å². The molecular formula is C20H30N4O2. The molecule has 0 atom stereocenters. The van der Waals surface area contributed by atoms with E-state index in [0.29, 0.717) is 12.5 Å². The van der Waals surface area contributed by atoms with Gasteiger partial charge in [0.15, 0.2) is 5.96 Å². The molecular weight excluding hydrogens is 328 g/mol. The third-order valence-electron chi connectivity index (χ3n) is 4.81. The standard InChI is InChI=1S/C20H30N4O2/c1-21-20(22-13-5-8-19(25)23-16-9-10-16)24-14-11-18(12-15-24)26-17-6-3-2-4-7-17/h2-4,6-7,16,18H,5,8-15H2,1H3,(H,21,22)(H,23,25). The fourth-order valence-corrected chi connectivity index (χ4v) is 3.19. The normalized spacial score (nSPS) is 18.5. The molecule has 1 saturated heterocycles. The van der Waals surface area contributed by atoms with Crippen LogP contribution in [0.25, 0.3) is 0 Å². The van der Waals surface area contributed by atoms with Crippen molar-refractivity contribution in [2.45, 2.75) is 50.7 Å². The van der Waals surface area contributed by atoms with Gasteiger partial charge in [0.25, 0.3) is 0 Å². The third kappa shape index (κ3) is 5.93. The minimum Gasteiger partial charge on any atom is -0.490 e. The topological polar surface area (TPSA) is 66.0 Å². The molecule has 142 valence electrons. The Morgan fingerprint density at radius 3 is 2.58 bits per heavy atom. The Morgan fingerprint density at radius 2 is 1.92 bits per heavy atom. The van der Waals surface area contributed by atoms with Gasteiger partial charge in [-0.15, -0.1) is 0 Å².